The fraction of sp³-hybridized carbons (Fsp3) is 0.700. The third-order valence-electron chi connectivity index (χ3n) is 6.71. The standard InChI is InChI=1S/C20H28N2O2S/c1-25-10-2-7-22-12-16(15-3-4-17-18(11-15)24-13-23-17)20-19(22)14-5-8-21(20)9-6-14/h3-4,11,14,16,19-20H,2,5-10,12-13H2,1H3/t16-,19+,20+/m0/s1. The Hall–Kier alpha value is -0.910. The lowest BCUT2D eigenvalue weighted by atomic mass is 9.75. The molecule has 3 atom stereocenters. The van der Waals surface area contributed by atoms with Gasteiger partial charge in [-0.1, -0.05) is 6.07 Å². The number of benzene rings is 1. The first-order chi connectivity index (χ1) is 12.3. The molecule has 0 aliphatic carbocycles. The second-order valence-corrected chi connectivity index (χ2v) is 8.90. The number of ether oxygens (including phenoxy) is 2. The molecule has 136 valence electrons. The van der Waals surface area contributed by atoms with Crippen molar-refractivity contribution in [3.05, 3.63) is 23.8 Å². The molecule has 0 saturated carbocycles. The van der Waals surface area contributed by atoms with E-state index in [1.54, 1.807) is 0 Å². The highest BCUT2D eigenvalue weighted by atomic mass is 32.2. The molecule has 5 aliphatic heterocycles. The van der Waals surface area contributed by atoms with Crippen LogP contribution in [0.5, 0.6) is 11.5 Å². The number of likely N-dealkylation sites (tertiary alicyclic amines) is 1. The average molecular weight is 361 g/mol. The summed E-state index contributed by atoms with van der Waals surface area (Å²) in [6.45, 7) is 5.42. The summed E-state index contributed by atoms with van der Waals surface area (Å²) in [6, 6.07) is 8.10. The number of rotatable bonds is 5. The van der Waals surface area contributed by atoms with Crippen molar-refractivity contribution in [2.24, 2.45) is 5.92 Å². The Morgan fingerprint density at radius 1 is 1.12 bits per heavy atom. The zero-order chi connectivity index (χ0) is 16.8. The van der Waals surface area contributed by atoms with E-state index in [0.29, 0.717) is 18.8 Å². The normalized spacial score (nSPS) is 36.0. The first-order valence-electron chi connectivity index (χ1n) is 9.72. The number of nitrogens with zero attached hydrogens (tertiary/aromatic N) is 2. The Morgan fingerprint density at radius 3 is 2.80 bits per heavy atom. The van der Waals surface area contributed by atoms with E-state index in [2.05, 4.69) is 34.3 Å². The molecule has 1 aromatic rings. The smallest absolute Gasteiger partial charge is 0.231 e. The summed E-state index contributed by atoms with van der Waals surface area (Å²) in [5.74, 6) is 4.63. The van der Waals surface area contributed by atoms with Gasteiger partial charge in [0.1, 0.15) is 0 Å². The van der Waals surface area contributed by atoms with Crippen LogP contribution in [-0.2, 0) is 0 Å². The van der Waals surface area contributed by atoms with Gasteiger partial charge in [-0.15, -0.1) is 0 Å². The van der Waals surface area contributed by atoms with Crippen LogP contribution in [0.3, 0.4) is 0 Å². The van der Waals surface area contributed by atoms with E-state index in [0.717, 1.165) is 23.5 Å². The van der Waals surface area contributed by atoms with Gasteiger partial charge in [0.05, 0.1) is 0 Å². The zero-order valence-electron chi connectivity index (χ0n) is 15.0. The second kappa shape index (κ2) is 6.67. The molecule has 0 unspecified atom stereocenters. The molecule has 5 heteroatoms. The first-order valence-corrected chi connectivity index (χ1v) is 11.1. The third-order valence-corrected chi connectivity index (χ3v) is 7.41. The molecule has 0 radical (unpaired) electrons. The monoisotopic (exact) mass is 360 g/mol. The Kier molecular flexibility index (Phi) is 4.34. The molecule has 5 heterocycles. The van der Waals surface area contributed by atoms with Crippen molar-refractivity contribution in [1.29, 1.82) is 0 Å². The molecular weight excluding hydrogens is 332 g/mol. The molecule has 4 fully saturated rings. The van der Waals surface area contributed by atoms with Crippen LogP contribution in [0.15, 0.2) is 18.2 Å². The number of fused-ring (bicyclic) bond motifs is 3. The molecule has 0 spiro atoms. The van der Waals surface area contributed by atoms with Crippen LogP contribution in [0.4, 0.5) is 0 Å². The van der Waals surface area contributed by atoms with E-state index in [4.69, 9.17) is 9.47 Å². The van der Waals surface area contributed by atoms with Crippen LogP contribution in [0.25, 0.3) is 0 Å². The first kappa shape index (κ1) is 16.3. The fourth-order valence-electron chi connectivity index (χ4n) is 5.64. The van der Waals surface area contributed by atoms with Crippen LogP contribution in [0.2, 0.25) is 0 Å². The van der Waals surface area contributed by atoms with Gasteiger partial charge in [0, 0.05) is 24.5 Å². The number of hydrogen-bond donors (Lipinski definition) is 0. The molecule has 0 N–H and O–H groups in total. The molecule has 4 saturated heterocycles. The van der Waals surface area contributed by atoms with Gasteiger partial charge < -0.3 is 9.47 Å². The molecule has 6 rings (SSSR count). The van der Waals surface area contributed by atoms with Gasteiger partial charge in [-0.25, -0.2) is 0 Å². The lowest BCUT2D eigenvalue weighted by Gasteiger charge is -2.51. The topological polar surface area (TPSA) is 24.9 Å². The second-order valence-electron chi connectivity index (χ2n) is 7.92. The summed E-state index contributed by atoms with van der Waals surface area (Å²) in [5, 5.41) is 0. The van der Waals surface area contributed by atoms with Crippen molar-refractivity contribution >= 4 is 11.8 Å². The van der Waals surface area contributed by atoms with Crippen LogP contribution in [0, 0.1) is 5.92 Å². The van der Waals surface area contributed by atoms with Gasteiger partial charge in [-0.3, -0.25) is 9.80 Å². The maximum absolute atomic E-state index is 5.65. The lowest BCUT2D eigenvalue weighted by molar-refractivity contribution is -0.00634. The molecule has 5 aliphatic rings. The van der Waals surface area contributed by atoms with Crippen LogP contribution in [0.1, 0.15) is 30.7 Å². The third kappa shape index (κ3) is 2.75. The summed E-state index contributed by atoms with van der Waals surface area (Å²) >= 11 is 1.97. The highest BCUT2D eigenvalue weighted by Gasteiger charge is 2.53. The van der Waals surface area contributed by atoms with Crippen molar-refractivity contribution in [3.63, 3.8) is 0 Å². The number of hydrogen-bond acceptors (Lipinski definition) is 5. The average Bonchev–Trinajstić information content (AvgIpc) is 3.28. The van der Waals surface area contributed by atoms with E-state index in [1.165, 1.54) is 56.8 Å². The molecule has 4 nitrogen and oxygen atoms in total. The molecule has 0 aromatic heterocycles. The van der Waals surface area contributed by atoms with Gasteiger partial charge in [0.2, 0.25) is 6.79 Å². The zero-order valence-corrected chi connectivity index (χ0v) is 15.8. The highest BCUT2D eigenvalue weighted by Crippen LogP contribution is 2.47. The van der Waals surface area contributed by atoms with E-state index in [1.807, 2.05) is 11.8 Å². The predicted molar refractivity (Wildman–Crippen MR) is 102 cm³/mol. The van der Waals surface area contributed by atoms with Crippen molar-refractivity contribution in [3.8, 4) is 11.5 Å². The highest BCUT2D eigenvalue weighted by molar-refractivity contribution is 7.98. The maximum Gasteiger partial charge on any atom is 0.231 e. The maximum atomic E-state index is 5.65. The van der Waals surface area contributed by atoms with E-state index >= 15 is 0 Å². The summed E-state index contributed by atoms with van der Waals surface area (Å²) in [6.07, 6.45) is 6.32. The Bertz CT molecular complexity index is 632. The van der Waals surface area contributed by atoms with E-state index in [-0.39, 0.29) is 0 Å². The van der Waals surface area contributed by atoms with Crippen molar-refractivity contribution in [1.82, 2.24) is 9.80 Å². The Morgan fingerprint density at radius 2 is 1.96 bits per heavy atom. The van der Waals surface area contributed by atoms with Crippen molar-refractivity contribution in [2.45, 2.75) is 37.3 Å². The molecule has 2 bridgehead atoms. The van der Waals surface area contributed by atoms with Crippen LogP contribution < -0.4 is 9.47 Å². The number of thioether (sulfide) groups is 1. The summed E-state index contributed by atoms with van der Waals surface area (Å²) in [4.78, 5) is 5.61. The summed E-state index contributed by atoms with van der Waals surface area (Å²) in [5.41, 5.74) is 1.44. The molecular formula is C20H28N2O2S. The Labute approximate surface area is 154 Å². The largest absolute Gasteiger partial charge is 0.454 e. The Balaban J connectivity index is 1.43. The number of piperidine rings is 3. The fourth-order valence-corrected chi connectivity index (χ4v) is 6.06. The lowest BCUT2D eigenvalue weighted by Crippen LogP contribution is -2.60. The van der Waals surface area contributed by atoms with Crippen LogP contribution >= 0.6 is 11.8 Å². The minimum absolute atomic E-state index is 0.366. The van der Waals surface area contributed by atoms with Gasteiger partial charge in [-0.2, -0.15) is 11.8 Å². The molecule has 0 amide bonds. The minimum Gasteiger partial charge on any atom is -0.454 e. The van der Waals surface area contributed by atoms with E-state index in [9.17, 15) is 0 Å². The van der Waals surface area contributed by atoms with Crippen molar-refractivity contribution in [2.75, 3.05) is 45.0 Å². The molecule has 25 heavy (non-hydrogen) atoms. The van der Waals surface area contributed by atoms with Gasteiger partial charge in [0.25, 0.3) is 0 Å². The minimum atomic E-state index is 0.366. The SMILES string of the molecule is CSCCCN1C[C@@H](c2ccc3c(c2)OCO3)[C@@H]2[C@H]1C1CCN2CC1. The van der Waals surface area contributed by atoms with Crippen LogP contribution in [-0.4, -0.2) is 66.9 Å². The molecule has 1 aromatic carbocycles. The summed E-state index contributed by atoms with van der Waals surface area (Å²) < 4.78 is 11.2. The quantitative estimate of drug-likeness (QED) is 0.752. The predicted octanol–water partition coefficient (Wildman–Crippen LogP) is 3.03. The van der Waals surface area contributed by atoms with Gasteiger partial charge in [0.15, 0.2) is 11.5 Å². The van der Waals surface area contributed by atoms with E-state index < -0.39 is 0 Å². The van der Waals surface area contributed by atoms with Gasteiger partial charge >= 0.3 is 0 Å². The van der Waals surface area contributed by atoms with Crippen molar-refractivity contribution < 1.29 is 9.47 Å². The summed E-state index contributed by atoms with van der Waals surface area (Å²) in [7, 11) is 0. The van der Waals surface area contributed by atoms with Gasteiger partial charge in [-0.05, 0) is 74.5 Å².